The first-order chi connectivity index (χ1) is 9.03. The molecule has 2 rings (SSSR count). The lowest BCUT2D eigenvalue weighted by atomic mass is 10.1. The SMILES string of the molecule is CCc1ccc(N)cc1S(=O)(=O)NCc1ccn[nH]1. The van der Waals surface area contributed by atoms with E-state index in [9.17, 15) is 8.42 Å². The summed E-state index contributed by atoms with van der Waals surface area (Å²) >= 11 is 0. The number of nitrogens with one attached hydrogen (secondary N) is 2. The molecule has 19 heavy (non-hydrogen) atoms. The van der Waals surface area contributed by atoms with Crippen LogP contribution in [0.25, 0.3) is 0 Å². The average molecular weight is 280 g/mol. The van der Waals surface area contributed by atoms with E-state index in [1.165, 1.54) is 6.07 Å². The van der Waals surface area contributed by atoms with Gasteiger partial charge in [-0.25, -0.2) is 13.1 Å². The Kier molecular flexibility index (Phi) is 3.87. The van der Waals surface area contributed by atoms with Gasteiger partial charge in [-0.3, -0.25) is 5.10 Å². The van der Waals surface area contributed by atoms with Crippen molar-refractivity contribution in [2.24, 2.45) is 0 Å². The third-order valence-corrected chi connectivity index (χ3v) is 4.26. The fraction of sp³-hybridized carbons (Fsp3) is 0.250. The minimum absolute atomic E-state index is 0.167. The van der Waals surface area contributed by atoms with Crippen LogP contribution in [-0.4, -0.2) is 18.6 Å². The smallest absolute Gasteiger partial charge is 0.241 e. The highest BCUT2D eigenvalue weighted by Gasteiger charge is 2.18. The number of aryl methyl sites for hydroxylation is 1. The van der Waals surface area contributed by atoms with Crippen LogP contribution in [0.4, 0.5) is 5.69 Å². The minimum atomic E-state index is -3.58. The van der Waals surface area contributed by atoms with Gasteiger partial charge in [0.15, 0.2) is 0 Å². The fourth-order valence-electron chi connectivity index (χ4n) is 1.75. The monoisotopic (exact) mass is 280 g/mol. The van der Waals surface area contributed by atoms with Gasteiger partial charge in [-0.1, -0.05) is 13.0 Å². The zero-order valence-corrected chi connectivity index (χ0v) is 11.4. The molecular formula is C12H16N4O2S. The molecule has 0 saturated carbocycles. The molecule has 4 N–H and O–H groups in total. The van der Waals surface area contributed by atoms with Gasteiger partial charge in [0.25, 0.3) is 0 Å². The van der Waals surface area contributed by atoms with Gasteiger partial charge in [0, 0.05) is 11.9 Å². The largest absolute Gasteiger partial charge is 0.399 e. The van der Waals surface area contributed by atoms with Crippen LogP contribution in [-0.2, 0) is 23.0 Å². The molecule has 0 spiro atoms. The van der Waals surface area contributed by atoms with Crippen LogP contribution in [0.15, 0.2) is 35.4 Å². The molecule has 1 aromatic heterocycles. The van der Waals surface area contributed by atoms with E-state index in [-0.39, 0.29) is 11.4 Å². The van der Waals surface area contributed by atoms with Crippen molar-refractivity contribution in [2.75, 3.05) is 5.73 Å². The molecule has 0 aliphatic carbocycles. The highest BCUT2D eigenvalue weighted by Crippen LogP contribution is 2.19. The summed E-state index contributed by atoms with van der Waals surface area (Å²) in [6, 6.07) is 6.63. The first kappa shape index (κ1) is 13.6. The number of hydrogen-bond donors (Lipinski definition) is 3. The topological polar surface area (TPSA) is 101 Å². The number of aromatic amines is 1. The quantitative estimate of drug-likeness (QED) is 0.712. The molecule has 1 aromatic carbocycles. The van der Waals surface area contributed by atoms with Crippen molar-refractivity contribution in [1.82, 2.24) is 14.9 Å². The van der Waals surface area contributed by atoms with E-state index in [2.05, 4.69) is 14.9 Å². The third-order valence-electron chi connectivity index (χ3n) is 2.77. The molecule has 0 amide bonds. The van der Waals surface area contributed by atoms with E-state index < -0.39 is 10.0 Å². The van der Waals surface area contributed by atoms with Gasteiger partial charge in [-0.2, -0.15) is 5.10 Å². The third kappa shape index (κ3) is 3.12. The Morgan fingerprint density at radius 2 is 2.16 bits per heavy atom. The molecule has 102 valence electrons. The molecular weight excluding hydrogens is 264 g/mol. The van der Waals surface area contributed by atoms with Crippen LogP contribution in [0, 0.1) is 0 Å². The second-order valence-electron chi connectivity index (χ2n) is 4.13. The summed E-state index contributed by atoms with van der Waals surface area (Å²) in [5, 5.41) is 6.46. The summed E-state index contributed by atoms with van der Waals surface area (Å²) < 4.78 is 27.0. The number of nitrogens with zero attached hydrogens (tertiary/aromatic N) is 1. The maximum absolute atomic E-state index is 12.3. The van der Waals surface area contributed by atoms with E-state index >= 15 is 0 Å². The minimum Gasteiger partial charge on any atom is -0.399 e. The van der Waals surface area contributed by atoms with Gasteiger partial charge in [-0.15, -0.1) is 0 Å². The van der Waals surface area contributed by atoms with Gasteiger partial charge >= 0.3 is 0 Å². The van der Waals surface area contributed by atoms with E-state index in [0.29, 0.717) is 17.8 Å². The van der Waals surface area contributed by atoms with Crippen LogP contribution in [0.3, 0.4) is 0 Å². The number of nitrogen functional groups attached to an aromatic ring is 1. The Labute approximate surface area is 112 Å². The van der Waals surface area contributed by atoms with Gasteiger partial charge in [0.2, 0.25) is 10.0 Å². The Hall–Kier alpha value is -1.86. The summed E-state index contributed by atoms with van der Waals surface area (Å²) in [5.74, 6) is 0. The molecule has 6 nitrogen and oxygen atoms in total. The average Bonchev–Trinajstić information content (AvgIpc) is 2.89. The Morgan fingerprint density at radius 3 is 2.79 bits per heavy atom. The lowest BCUT2D eigenvalue weighted by Crippen LogP contribution is -2.24. The first-order valence-electron chi connectivity index (χ1n) is 5.89. The lowest BCUT2D eigenvalue weighted by Gasteiger charge is -2.10. The van der Waals surface area contributed by atoms with Gasteiger partial charge in [0.1, 0.15) is 0 Å². The van der Waals surface area contributed by atoms with Gasteiger partial charge < -0.3 is 5.73 Å². The van der Waals surface area contributed by atoms with Crippen molar-refractivity contribution in [1.29, 1.82) is 0 Å². The van der Waals surface area contributed by atoms with Crippen LogP contribution >= 0.6 is 0 Å². The molecule has 2 aromatic rings. The van der Waals surface area contributed by atoms with Crippen molar-refractivity contribution in [2.45, 2.75) is 24.8 Å². The van der Waals surface area contributed by atoms with Crippen molar-refractivity contribution >= 4 is 15.7 Å². The number of H-pyrrole nitrogens is 1. The van der Waals surface area contributed by atoms with Crippen LogP contribution < -0.4 is 10.5 Å². The number of rotatable bonds is 5. The molecule has 0 fully saturated rings. The second-order valence-corrected chi connectivity index (χ2v) is 5.86. The van der Waals surface area contributed by atoms with Gasteiger partial charge in [0.05, 0.1) is 17.1 Å². The molecule has 0 saturated heterocycles. The Bertz CT molecular complexity index is 650. The van der Waals surface area contributed by atoms with E-state index in [1.54, 1.807) is 24.4 Å². The molecule has 0 radical (unpaired) electrons. The number of sulfonamides is 1. The van der Waals surface area contributed by atoms with E-state index in [1.807, 2.05) is 6.92 Å². The number of anilines is 1. The predicted molar refractivity (Wildman–Crippen MR) is 72.8 cm³/mol. The summed E-state index contributed by atoms with van der Waals surface area (Å²) in [4.78, 5) is 0.231. The molecule has 7 heteroatoms. The highest BCUT2D eigenvalue weighted by atomic mass is 32.2. The molecule has 0 atom stereocenters. The zero-order valence-electron chi connectivity index (χ0n) is 10.6. The van der Waals surface area contributed by atoms with Crippen molar-refractivity contribution in [3.05, 3.63) is 41.7 Å². The maximum atomic E-state index is 12.3. The normalized spacial score (nSPS) is 11.6. The number of aromatic nitrogens is 2. The maximum Gasteiger partial charge on any atom is 0.241 e. The lowest BCUT2D eigenvalue weighted by molar-refractivity contribution is 0.579. The molecule has 0 unspecified atom stereocenters. The fourth-order valence-corrected chi connectivity index (χ4v) is 3.10. The standard InChI is InChI=1S/C12H16N4O2S/c1-2-9-3-4-10(13)7-12(9)19(17,18)15-8-11-5-6-14-16-11/h3-7,15H,2,8,13H2,1H3,(H,14,16). The second kappa shape index (κ2) is 5.41. The Balaban J connectivity index is 2.26. The molecule has 1 heterocycles. The van der Waals surface area contributed by atoms with Crippen molar-refractivity contribution < 1.29 is 8.42 Å². The predicted octanol–water partition coefficient (Wildman–Crippen LogP) is 1.03. The Morgan fingerprint density at radius 1 is 1.37 bits per heavy atom. The molecule has 0 aliphatic heterocycles. The van der Waals surface area contributed by atoms with Crippen LogP contribution in [0.1, 0.15) is 18.2 Å². The molecule has 0 bridgehead atoms. The summed E-state index contributed by atoms with van der Waals surface area (Å²) in [6.45, 7) is 2.07. The number of nitrogens with two attached hydrogens (primary N) is 1. The zero-order chi connectivity index (χ0) is 13.9. The summed E-state index contributed by atoms with van der Waals surface area (Å²) in [5.41, 5.74) is 7.53. The summed E-state index contributed by atoms with van der Waals surface area (Å²) in [6.07, 6.45) is 2.20. The van der Waals surface area contributed by atoms with Crippen LogP contribution in [0.5, 0.6) is 0 Å². The summed E-state index contributed by atoms with van der Waals surface area (Å²) in [7, 11) is -3.58. The van der Waals surface area contributed by atoms with Crippen LogP contribution in [0.2, 0.25) is 0 Å². The first-order valence-corrected chi connectivity index (χ1v) is 7.37. The number of hydrogen-bond acceptors (Lipinski definition) is 4. The highest BCUT2D eigenvalue weighted by molar-refractivity contribution is 7.89. The van der Waals surface area contributed by atoms with Gasteiger partial charge in [-0.05, 0) is 30.2 Å². The van der Waals surface area contributed by atoms with E-state index in [4.69, 9.17) is 5.73 Å². The van der Waals surface area contributed by atoms with E-state index in [0.717, 1.165) is 5.56 Å². The van der Waals surface area contributed by atoms with Crippen molar-refractivity contribution in [3.8, 4) is 0 Å². The number of benzene rings is 1. The van der Waals surface area contributed by atoms with Crippen molar-refractivity contribution in [3.63, 3.8) is 0 Å². The molecule has 0 aliphatic rings.